The van der Waals surface area contributed by atoms with Crippen molar-refractivity contribution in [3.63, 3.8) is 0 Å². The minimum absolute atomic E-state index is 0.688. The normalized spacial score (nSPS) is 13.9. The van der Waals surface area contributed by atoms with Crippen molar-refractivity contribution < 1.29 is 0 Å². The second-order valence-electron chi connectivity index (χ2n) is 27.9. The maximum atomic E-state index is 2.50. The molecule has 1 unspecified atom stereocenters. The molecule has 20 rings (SSSR count). The highest BCUT2D eigenvalue weighted by Crippen LogP contribution is 2.65. The molecule has 0 aromatic heterocycles. The fourth-order valence-electron chi connectivity index (χ4n) is 17.1. The van der Waals surface area contributed by atoms with Crippen LogP contribution >= 0.6 is 0 Å². The average Bonchev–Trinajstić information content (AvgIpc) is 1.50. The van der Waals surface area contributed by atoms with Crippen LogP contribution in [0.3, 0.4) is 0 Å². The minimum atomic E-state index is -0.688. The van der Waals surface area contributed by atoms with Crippen molar-refractivity contribution in [1.82, 2.24) is 0 Å². The highest BCUT2D eigenvalue weighted by molar-refractivity contribution is 6.01. The highest BCUT2D eigenvalue weighted by Gasteiger charge is 2.52. The lowest BCUT2D eigenvalue weighted by atomic mass is 9.70. The topological polar surface area (TPSA) is 13.0 Å². The van der Waals surface area contributed by atoms with Gasteiger partial charge in [-0.25, -0.2) is 0 Å². The number of hydrogen-bond acceptors (Lipinski definition) is 4. The minimum Gasteiger partial charge on any atom is -0.314 e. The third-order valence-corrected chi connectivity index (χ3v) is 22.0. The van der Waals surface area contributed by atoms with E-state index in [2.05, 4.69) is 420 Å². The van der Waals surface area contributed by atoms with Crippen LogP contribution in [0.15, 0.2) is 406 Å². The Kier molecular flexibility index (Phi) is 14.9. The van der Waals surface area contributed by atoms with E-state index in [1.54, 1.807) is 0 Å². The van der Waals surface area contributed by atoms with E-state index in [-0.39, 0.29) is 0 Å². The van der Waals surface area contributed by atoms with Crippen LogP contribution in [0.4, 0.5) is 62.6 Å². The van der Waals surface area contributed by atoms with Gasteiger partial charge in [-0.05, 0) is 274 Å². The molecule has 1 spiro atoms. The molecular formula is C101H70N4. The number of para-hydroxylation sites is 3. The smallest absolute Gasteiger partial charge is 0.0725 e. The van der Waals surface area contributed by atoms with Gasteiger partial charge in [0.05, 0.1) is 5.41 Å². The summed E-state index contributed by atoms with van der Waals surface area (Å²) in [4.78, 5) is 9.69. The van der Waals surface area contributed by atoms with Gasteiger partial charge in [0, 0.05) is 68.3 Å². The second-order valence-corrected chi connectivity index (χ2v) is 27.9. The first-order valence-corrected chi connectivity index (χ1v) is 36.5. The van der Waals surface area contributed by atoms with Gasteiger partial charge in [-0.3, -0.25) is 0 Å². The van der Waals surface area contributed by atoms with Crippen molar-refractivity contribution in [3.05, 3.63) is 428 Å². The Hall–Kier alpha value is -13.5. The van der Waals surface area contributed by atoms with E-state index in [9.17, 15) is 0 Å². The average molecular weight is 1340 g/mol. The predicted octanol–water partition coefficient (Wildman–Crippen LogP) is 27.8. The highest BCUT2D eigenvalue weighted by atomic mass is 15.2. The lowest BCUT2D eigenvalue weighted by molar-refractivity contribution is 0.793. The molecule has 0 bridgehead atoms. The van der Waals surface area contributed by atoms with E-state index >= 15 is 0 Å². The molecule has 17 aromatic rings. The van der Waals surface area contributed by atoms with Gasteiger partial charge < -0.3 is 19.6 Å². The van der Waals surface area contributed by atoms with Gasteiger partial charge in [-0.1, -0.05) is 249 Å². The zero-order valence-electron chi connectivity index (χ0n) is 57.8. The van der Waals surface area contributed by atoms with Gasteiger partial charge in [-0.15, -0.1) is 0 Å². The molecule has 0 radical (unpaired) electrons. The van der Waals surface area contributed by atoms with Crippen LogP contribution in [-0.2, 0) is 5.41 Å². The molecule has 3 aliphatic carbocycles. The SMILES string of the molecule is C1=CCCC(N(c2ccccc2)c2ccc3c(c2)-c2cc(-c4ccc(N(c5ccc6ccccc6c5)c5ccc6ccccc6c5)cc4)ccc2C32c3ccc(-c4ccc(N(c5ccc6ccccc6c5)c5ccc6ccccc6c5)cc4)cc3-c3cc(N(c4ccccc4)c4ccccc4)ccc32)=C1. The fourth-order valence-corrected chi connectivity index (χ4v) is 17.1. The monoisotopic (exact) mass is 1340 g/mol. The molecule has 4 nitrogen and oxygen atoms in total. The molecule has 0 saturated carbocycles. The molecule has 1 atom stereocenters. The van der Waals surface area contributed by atoms with E-state index in [0.717, 1.165) is 97.7 Å². The molecule has 0 aliphatic heterocycles. The Labute approximate surface area is 612 Å². The van der Waals surface area contributed by atoms with Crippen LogP contribution < -0.4 is 19.6 Å². The van der Waals surface area contributed by atoms with Crippen LogP contribution in [-0.4, -0.2) is 0 Å². The summed E-state index contributed by atoms with van der Waals surface area (Å²) in [6.07, 6.45) is 8.72. The lowest BCUT2D eigenvalue weighted by Gasteiger charge is -2.32. The summed E-state index contributed by atoms with van der Waals surface area (Å²) in [5.41, 5.74) is 27.3. The first kappa shape index (κ1) is 61.3. The van der Waals surface area contributed by atoms with Crippen LogP contribution in [0.5, 0.6) is 0 Å². The maximum absolute atomic E-state index is 2.50. The van der Waals surface area contributed by atoms with Crippen molar-refractivity contribution in [2.75, 3.05) is 19.6 Å². The van der Waals surface area contributed by atoms with Crippen LogP contribution in [0.1, 0.15) is 35.1 Å². The predicted molar refractivity (Wildman–Crippen MR) is 443 cm³/mol. The van der Waals surface area contributed by atoms with E-state index in [1.807, 2.05) is 0 Å². The van der Waals surface area contributed by atoms with Crippen LogP contribution in [0.25, 0.3) is 87.6 Å². The third-order valence-electron chi connectivity index (χ3n) is 22.0. The zero-order valence-corrected chi connectivity index (χ0v) is 57.8. The number of rotatable bonds is 14. The molecule has 0 amide bonds. The summed E-state index contributed by atoms with van der Waals surface area (Å²) < 4.78 is 0. The van der Waals surface area contributed by atoms with Gasteiger partial charge in [0.15, 0.2) is 0 Å². The molecule has 494 valence electrons. The van der Waals surface area contributed by atoms with Gasteiger partial charge in [-0.2, -0.15) is 0 Å². The molecule has 0 heterocycles. The Morgan fingerprint density at radius 2 is 0.467 bits per heavy atom. The van der Waals surface area contributed by atoms with Crippen molar-refractivity contribution in [2.24, 2.45) is 0 Å². The van der Waals surface area contributed by atoms with E-state index in [1.165, 1.54) is 93.3 Å². The van der Waals surface area contributed by atoms with Crippen molar-refractivity contribution in [3.8, 4) is 44.5 Å². The number of anilines is 11. The Bertz CT molecular complexity index is 6100. The Balaban J connectivity index is 0.765. The molecule has 4 heteroatoms. The van der Waals surface area contributed by atoms with Crippen molar-refractivity contribution in [1.29, 1.82) is 0 Å². The zero-order chi connectivity index (χ0) is 69.4. The van der Waals surface area contributed by atoms with Gasteiger partial charge in [0.25, 0.3) is 0 Å². The number of benzene rings is 17. The number of fused-ring (bicyclic) bond motifs is 14. The number of nitrogens with zero attached hydrogens (tertiary/aromatic N) is 4. The molecule has 3 aliphatic rings. The summed E-state index contributed by atoms with van der Waals surface area (Å²) in [5.74, 6) is 0. The molecule has 0 N–H and O–H groups in total. The summed E-state index contributed by atoms with van der Waals surface area (Å²) >= 11 is 0. The lowest BCUT2D eigenvalue weighted by Crippen LogP contribution is -2.26. The summed E-state index contributed by atoms with van der Waals surface area (Å²) in [6, 6.07) is 142. The molecular weight excluding hydrogens is 1270 g/mol. The first-order valence-electron chi connectivity index (χ1n) is 36.5. The number of hydrogen-bond donors (Lipinski definition) is 0. The van der Waals surface area contributed by atoms with Crippen molar-refractivity contribution >= 4 is 106 Å². The summed E-state index contributed by atoms with van der Waals surface area (Å²) in [5, 5.41) is 9.68. The molecule has 0 fully saturated rings. The summed E-state index contributed by atoms with van der Waals surface area (Å²) in [7, 11) is 0. The standard InChI is InChI=1S/C101H70N4/c1-5-29-81(30-6-1)102(82-31-7-2-8-32-82)91-55-59-99-95(67-91)93-65-79(73-37-47-85(48-38-73)104(87-51-41-69-21-13-17-25-75(69)61-87)88-52-42-70-22-14-18-26-76(70)62-88)45-57-97(93)101(99)98-58-46-80(66-94(98)96-68-92(56-60-100(96)101)103(83-33-9-3-10-34-83)84-35-11-4-12-36-84)74-39-49-86(50-40-74)105(89-53-43-71-23-15-19-27-77(71)63-89)90-54-44-72-24-16-20-28-78(72)64-90/h1-11,13-35,37-68H,12,36H2. The maximum Gasteiger partial charge on any atom is 0.0725 e. The second kappa shape index (κ2) is 25.5. The Morgan fingerprint density at radius 3 is 0.829 bits per heavy atom. The molecule has 17 aromatic carbocycles. The van der Waals surface area contributed by atoms with Gasteiger partial charge >= 0.3 is 0 Å². The quantitative estimate of drug-likeness (QED) is 0.108. The fraction of sp³-hybridized carbons (Fsp3) is 0.0297. The third kappa shape index (κ3) is 10.6. The Morgan fingerprint density at radius 1 is 0.200 bits per heavy atom. The molecule has 0 saturated heterocycles. The summed E-state index contributed by atoms with van der Waals surface area (Å²) in [6.45, 7) is 0. The van der Waals surface area contributed by atoms with Crippen LogP contribution in [0.2, 0.25) is 0 Å². The largest absolute Gasteiger partial charge is 0.314 e. The molecule has 105 heavy (non-hydrogen) atoms. The van der Waals surface area contributed by atoms with Gasteiger partial charge in [0.2, 0.25) is 0 Å². The first-order chi connectivity index (χ1) is 52.0. The van der Waals surface area contributed by atoms with Gasteiger partial charge in [0.1, 0.15) is 0 Å². The van der Waals surface area contributed by atoms with E-state index < -0.39 is 5.41 Å². The number of allylic oxidation sites excluding steroid dienone is 4. The van der Waals surface area contributed by atoms with Crippen molar-refractivity contribution in [2.45, 2.75) is 18.3 Å². The van der Waals surface area contributed by atoms with E-state index in [0.29, 0.717) is 0 Å². The van der Waals surface area contributed by atoms with E-state index in [4.69, 9.17) is 0 Å². The van der Waals surface area contributed by atoms with Crippen LogP contribution in [0, 0.1) is 0 Å².